The molecule has 2 aromatic rings. The van der Waals surface area contributed by atoms with Crippen LogP contribution in [0.4, 0.5) is 11.5 Å². The quantitative estimate of drug-likeness (QED) is 0.835. The van der Waals surface area contributed by atoms with Crippen LogP contribution in [0.5, 0.6) is 5.75 Å². The summed E-state index contributed by atoms with van der Waals surface area (Å²) in [4.78, 5) is 8.48. The van der Waals surface area contributed by atoms with E-state index in [0.717, 1.165) is 35.8 Å². The van der Waals surface area contributed by atoms with Crippen molar-refractivity contribution >= 4 is 23.1 Å². The smallest absolute Gasteiger partial charge is 0.138 e. The van der Waals surface area contributed by atoms with Crippen molar-refractivity contribution in [3.8, 4) is 5.75 Å². The van der Waals surface area contributed by atoms with Crippen LogP contribution in [-0.2, 0) is 0 Å². The second-order valence-corrected chi connectivity index (χ2v) is 4.89. The predicted molar refractivity (Wildman–Crippen MR) is 82.0 cm³/mol. The molecule has 1 N–H and O–H groups in total. The number of hydrogen-bond acceptors (Lipinski definition) is 4. The summed E-state index contributed by atoms with van der Waals surface area (Å²) >= 11 is 6.06. The number of halogens is 1. The highest BCUT2D eigenvalue weighted by atomic mass is 35.5. The summed E-state index contributed by atoms with van der Waals surface area (Å²) in [6, 6.07) is 7.78. The van der Waals surface area contributed by atoms with Crippen LogP contribution in [0.1, 0.15) is 24.7 Å². The van der Waals surface area contributed by atoms with Gasteiger partial charge in [-0.15, -0.1) is 0 Å². The van der Waals surface area contributed by atoms with Crippen molar-refractivity contribution in [1.82, 2.24) is 9.97 Å². The van der Waals surface area contributed by atoms with Gasteiger partial charge in [0.15, 0.2) is 0 Å². The number of aromatic nitrogens is 2. The maximum Gasteiger partial charge on any atom is 0.138 e. The SMILES string of the molecule is CCCOc1ccc(Nc2nc(C)nc(Cl)c2C)cc1. The van der Waals surface area contributed by atoms with Crippen LogP contribution in [-0.4, -0.2) is 16.6 Å². The molecular weight excluding hydrogens is 274 g/mol. The number of hydrogen-bond donors (Lipinski definition) is 1. The normalized spacial score (nSPS) is 10.4. The Morgan fingerprint density at radius 2 is 1.85 bits per heavy atom. The van der Waals surface area contributed by atoms with Crippen LogP contribution < -0.4 is 10.1 Å². The van der Waals surface area contributed by atoms with Crippen molar-refractivity contribution in [1.29, 1.82) is 0 Å². The first-order chi connectivity index (χ1) is 9.60. The molecule has 4 nitrogen and oxygen atoms in total. The highest BCUT2D eigenvalue weighted by molar-refractivity contribution is 6.30. The summed E-state index contributed by atoms with van der Waals surface area (Å²) < 4.78 is 5.55. The molecule has 0 radical (unpaired) electrons. The Morgan fingerprint density at radius 1 is 1.15 bits per heavy atom. The number of rotatable bonds is 5. The maximum absolute atomic E-state index is 6.06. The van der Waals surface area contributed by atoms with Crippen LogP contribution >= 0.6 is 11.6 Å². The van der Waals surface area contributed by atoms with Gasteiger partial charge in [-0.3, -0.25) is 0 Å². The van der Waals surface area contributed by atoms with E-state index in [9.17, 15) is 0 Å². The number of nitrogens with zero attached hydrogens (tertiary/aromatic N) is 2. The van der Waals surface area contributed by atoms with Crippen molar-refractivity contribution in [3.05, 3.63) is 40.8 Å². The zero-order valence-corrected chi connectivity index (χ0v) is 12.7. The van der Waals surface area contributed by atoms with E-state index < -0.39 is 0 Å². The number of aryl methyl sites for hydroxylation is 1. The lowest BCUT2D eigenvalue weighted by Gasteiger charge is -2.11. The molecule has 20 heavy (non-hydrogen) atoms. The largest absolute Gasteiger partial charge is 0.494 e. The molecule has 1 aromatic heterocycles. The molecule has 0 aliphatic heterocycles. The van der Waals surface area contributed by atoms with Crippen LogP contribution in [0, 0.1) is 13.8 Å². The van der Waals surface area contributed by atoms with Gasteiger partial charge in [0, 0.05) is 11.3 Å². The first-order valence-electron chi connectivity index (χ1n) is 6.60. The summed E-state index contributed by atoms with van der Waals surface area (Å²) in [5.41, 5.74) is 1.77. The summed E-state index contributed by atoms with van der Waals surface area (Å²) in [5, 5.41) is 3.72. The van der Waals surface area contributed by atoms with Crippen molar-refractivity contribution < 1.29 is 4.74 Å². The summed E-state index contributed by atoms with van der Waals surface area (Å²) in [6.07, 6.45) is 0.998. The van der Waals surface area contributed by atoms with Crippen LogP contribution in [0.25, 0.3) is 0 Å². The molecule has 0 amide bonds. The van der Waals surface area contributed by atoms with Crippen molar-refractivity contribution in [2.45, 2.75) is 27.2 Å². The Labute approximate surface area is 124 Å². The number of anilines is 2. The Hall–Kier alpha value is -1.81. The van der Waals surface area contributed by atoms with Crippen molar-refractivity contribution in [2.75, 3.05) is 11.9 Å². The minimum Gasteiger partial charge on any atom is -0.494 e. The molecule has 0 fully saturated rings. The lowest BCUT2D eigenvalue weighted by Crippen LogP contribution is -2.01. The molecule has 0 spiro atoms. The third-order valence-electron chi connectivity index (χ3n) is 2.79. The summed E-state index contributed by atoms with van der Waals surface area (Å²) in [7, 11) is 0. The Morgan fingerprint density at radius 3 is 2.50 bits per heavy atom. The van der Waals surface area contributed by atoms with Crippen LogP contribution in [0.3, 0.4) is 0 Å². The molecule has 106 valence electrons. The third-order valence-corrected chi connectivity index (χ3v) is 3.16. The molecular formula is C15H18ClN3O. The number of ether oxygens (including phenoxy) is 1. The molecule has 2 rings (SSSR count). The Kier molecular flexibility index (Phi) is 4.79. The van der Waals surface area contributed by atoms with E-state index >= 15 is 0 Å². The van der Waals surface area contributed by atoms with Gasteiger partial charge in [0.2, 0.25) is 0 Å². The van der Waals surface area contributed by atoms with Gasteiger partial charge in [0.1, 0.15) is 22.5 Å². The minimum absolute atomic E-state index is 0.475. The molecule has 0 unspecified atom stereocenters. The topological polar surface area (TPSA) is 47.0 Å². The molecule has 0 saturated carbocycles. The fraction of sp³-hybridized carbons (Fsp3) is 0.333. The van der Waals surface area contributed by atoms with Gasteiger partial charge in [-0.05, 0) is 44.5 Å². The summed E-state index contributed by atoms with van der Waals surface area (Å²) in [5.74, 6) is 2.24. The van der Waals surface area contributed by atoms with Crippen LogP contribution in [0.2, 0.25) is 5.15 Å². The predicted octanol–water partition coefficient (Wildman–Crippen LogP) is 4.28. The van der Waals surface area contributed by atoms with E-state index in [2.05, 4.69) is 22.2 Å². The second-order valence-electron chi connectivity index (χ2n) is 4.53. The van der Waals surface area contributed by atoms with E-state index in [1.165, 1.54) is 0 Å². The lowest BCUT2D eigenvalue weighted by molar-refractivity contribution is 0.317. The average Bonchev–Trinajstić information content (AvgIpc) is 2.43. The highest BCUT2D eigenvalue weighted by Crippen LogP contribution is 2.24. The molecule has 5 heteroatoms. The second kappa shape index (κ2) is 6.57. The van der Waals surface area contributed by atoms with E-state index in [-0.39, 0.29) is 0 Å². The fourth-order valence-electron chi connectivity index (χ4n) is 1.71. The fourth-order valence-corrected chi connectivity index (χ4v) is 1.92. The van der Waals surface area contributed by atoms with E-state index in [0.29, 0.717) is 11.0 Å². The van der Waals surface area contributed by atoms with Gasteiger partial charge in [0.25, 0.3) is 0 Å². The average molecular weight is 292 g/mol. The molecule has 1 aromatic carbocycles. The van der Waals surface area contributed by atoms with E-state index in [1.54, 1.807) is 0 Å². The molecule has 0 bridgehead atoms. The molecule has 0 atom stereocenters. The molecule has 0 saturated heterocycles. The Bertz CT molecular complexity index is 584. The van der Waals surface area contributed by atoms with Crippen molar-refractivity contribution in [2.24, 2.45) is 0 Å². The third kappa shape index (κ3) is 3.61. The van der Waals surface area contributed by atoms with Gasteiger partial charge >= 0.3 is 0 Å². The van der Waals surface area contributed by atoms with E-state index in [4.69, 9.17) is 16.3 Å². The van der Waals surface area contributed by atoms with Gasteiger partial charge in [-0.1, -0.05) is 18.5 Å². The Balaban J connectivity index is 2.14. The van der Waals surface area contributed by atoms with Gasteiger partial charge in [-0.2, -0.15) is 0 Å². The number of benzene rings is 1. The zero-order valence-electron chi connectivity index (χ0n) is 11.9. The zero-order chi connectivity index (χ0) is 14.5. The first kappa shape index (κ1) is 14.6. The first-order valence-corrected chi connectivity index (χ1v) is 6.98. The highest BCUT2D eigenvalue weighted by Gasteiger charge is 2.07. The maximum atomic E-state index is 6.06. The van der Waals surface area contributed by atoms with Gasteiger partial charge in [0.05, 0.1) is 6.61 Å². The molecule has 0 aliphatic carbocycles. The van der Waals surface area contributed by atoms with Crippen LogP contribution in [0.15, 0.2) is 24.3 Å². The lowest BCUT2D eigenvalue weighted by atomic mass is 10.2. The van der Waals surface area contributed by atoms with E-state index in [1.807, 2.05) is 38.1 Å². The minimum atomic E-state index is 0.475. The monoisotopic (exact) mass is 291 g/mol. The standard InChI is InChI=1S/C15H18ClN3O/c1-4-9-20-13-7-5-12(6-8-13)19-15-10(2)14(16)17-11(3)18-15/h5-8H,4,9H2,1-3H3,(H,17,18,19). The molecule has 1 heterocycles. The van der Waals surface area contributed by atoms with Gasteiger partial charge < -0.3 is 10.1 Å². The molecule has 0 aliphatic rings. The number of nitrogens with one attached hydrogen (secondary N) is 1. The van der Waals surface area contributed by atoms with Crippen molar-refractivity contribution in [3.63, 3.8) is 0 Å². The summed E-state index contributed by atoms with van der Waals surface area (Å²) in [6.45, 7) is 6.52. The van der Waals surface area contributed by atoms with Gasteiger partial charge in [-0.25, -0.2) is 9.97 Å².